The maximum Gasteiger partial charge on any atom is 0.338 e. The molecule has 0 atom stereocenters. The monoisotopic (exact) mass is 304 g/mol. The highest BCUT2D eigenvalue weighted by Crippen LogP contribution is 2.32. The highest BCUT2D eigenvalue weighted by molar-refractivity contribution is 5.97. The first-order valence-corrected chi connectivity index (χ1v) is 7.76. The standard InChI is InChI=1S/C17H24N2O3/c1-4-22-17(21)14-7-9-15(10-8-14)19(12-11-18(2)3)16(20)13-5-6-13/h7-10,13H,4-6,11-12H2,1-3H3. The quantitative estimate of drug-likeness (QED) is 0.724. The number of anilines is 1. The molecule has 120 valence electrons. The van der Waals surface area contributed by atoms with E-state index in [1.807, 2.05) is 31.1 Å². The average Bonchev–Trinajstić information content (AvgIpc) is 3.32. The van der Waals surface area contributed by atoms with Crippen LogP contribution < -0.4 is 4.90 Å². The van der Waals surface area contributed by atoms with Crippen LogP contribution in [-0.2, 0) is 9.53 Å². The van der Waals surface area contributed by atoms with Gasteiger partial charge in [-0.15, -0.1) is 0 Å². The molecule has 0 unspecified atom stereocenters. The molecular weight excluding hydrogens is 280 g/mol. The first-order chi connectivity index (χ1) is 10.5. The Morgan fingerprint density at radius 2 is 1.77 bits per heavy atom. The van der Waals surface area contributed by atoms with Gasteiger partial charge in [0.2, 0.25) is 5.91 Å². The van der Waals surface area contributed by atoms with E-state index >= 15 is 0 Å². The minimum atomic E-state index is -0.331. The molecule has 1 amide bonds. The Kier molecular flexibility index (Phi) is 5.55. The number of benzene rings is 1. The Bertz CT molecular complexity index is 521. The molecule has 1 aliphatic rings. The fraction of sp³-hybridized carbons (Fsp3) is 0.529. The van der Waals surface area contributed by atoms with Crippen molar-refractivity contribution in [3.8, 4) is 0 Å². The van der Waals surface area contributed by atoms with E-state index in [4.69, 9.17) is 4.74 Å². The lowest BCUT2D eigenvalue weighted by Crippen LogP contribution is -2.37. The lowest BCUT2D eigenvalue weighted by molar-refractivity contribution is -0.119. The summed E-state index contributed by atoms with van der Waals surface area (Å²) in [5, 5.41) is 0. The molecule has 0 radical (unpaired) electrons. The van der Waals surface area contributed by atoms with Crippen LogP contribution in [0, 0.1) is 5.92 Å². The predicted molar refractivity (Wildman–Crippen MR) is 86.0 cm³/mol. The van der Waals surface area contributed by atoms with E-state index in [1.165, 1.54) is 0 Å². The Morgan fingerprint density at radius 3 is 2.27 bits per heavy atom. The van der Waals surface area contributed by atoms with Crippen LogP contribution in [0.2, 0.25) is 0 Å². The van der Waals surface area contributed by atoms with E-state index in [-0.39, 0.29) is 17.8 Å². The third kappa shape index (κ3) is 4.31. The summed E-state index contributed by atoms with van der Waals surface area (Å²) in [5.41, 5.74) is 1.35. The summed E-state index contributed by atoms with van der Waals surface area (Å²) in [6, 6.07) is 7.08. The lowest BCUT2D eigenvalue weighted by Gasteiger charge is -2.24. The van der Waals surface area contributed by atoms with Crippen molar-refractivity contribution in [2.45, 2.75) is 19.8 Å². The molecule has 1 aliphatic carbocycles. The number of ether oxygens (including phenoxy) is 1. The zero-order valence-corrected chi connectivity index (χ0v) is 13.5. The zero-order valence-electron chi connectivity index (χ0n) is 13.5. The molecule has 0 saturated heterocycles. The molecule has 5 nitrogen and oxygen atoms in total. The lowest BCUT2D eigenvalue weighted by atomic mass is 10.2. The minimum Gasteiger partial charge on any atom is -0.462 e. The maximum atomic E-state index is 12.5. The van der Waals surface area contributed by atoms with Gasteiger partial charge in [0.05, 0.1) is 12.2 Å². The van der Waals surface area contributed by atoms with E-state index in [0.29, 0.717) is 18.7 Å². The number of carbonyl (C=O) groups is 2. The van der Waals surface area contributed by atoms with Crippen LogP contribution in [0.4, 0.5) is 5.69 Å². The van der Waals surface area contributed by atoms with Gasteiger partial charge in [-0.05, 0) is 58.1 Å². The van der Waals surface area contributed by atoms with Crippen LogP contribution in [0.25, 0.3) is 0 Å². The fourth-order valence-corrected chi connectivity index (χ4v) is 2.21. The normalized spacial score (nSPS) is 14.0. The number of esters is 1. The molecule has 1 aromatic carbocycles. The molecule has 1 saturated carbocycles. The van der Waals surface area contributed by atoms with Gasteiger partial charge in [0.15, 0.2) is 0 Å². The van der Waals surface area contributed by atoms with Gasteiger partial charge in [0.1, 0.15) is 0 Å². The highest BCUT2D eigenvalue weighted by atomic mass is 16.5. The van der Waals surface area contributed by atoms with Crippen molar-refractivity contribution < 1.29 is 14.3 Å². The molecule has 0 heterocycles. The second kappa shape index (κ2) is 7.40. The maximum absolute atomic E-state index is 12.5. The van der Waals surface area contributed by atoms with Crippen molar-refractivity contribution in [2.75, 3.05) is 38.7 Å². The molecule has 0 N–H and O–H groups in total. The van der Waals surface area contributed by atoms with Crippen LogP contribution in [0.1, 0.15) is 30.1 Å². The fourth-order valence-electron chi connectivity index (χ4n) is 2.21. The summed E-state index contributed by atoms with van der Waals surface area (Å²) >= 11 is 0. The number of likely N-dealkylation sites (N-methyl/N-ethyl adjacent to an activating group) is 1. The number of hydrogen-bond acceptors (Lipinski definition) is 4. The molecule has 1 fully saturated rings. The van der Waals surface area contributed by atoms with E-state index in [1.54, 1.807) is 19.1 Å². The smallest absolute Gasteiger partial charge is 0.338 e. The number of nitrogens with zero attached hydrogens (tertiary/aromatic N) is 2. The number of hydrogen-bond donors (Lipinski definition) is 0. The zero-order chi connectivity index (χ0) is 16.1. The number of amides is 1. The van der Waals surface area contributed by atoms with Gasteiger partial charge < -0.3 is 14.5 Å². The van der Waals surface area contributed by atoms with Gasteiger partial charge in [0, 0.05) is 24.7 Å². The van der Waals surface area contributed by atoms with Crippen molar-refractivity contribution in [3.63, 3.8) is 0 Å². The molecule has 5 heteroatoms. The van der Waals surface area contributed by atoms with Gasteiger partial charge in [-0.2, -0.15) is 0 Å². The second-order valence-corrected chi connectivity index (χ2v) is 5.83. The molecule has 0 aliphatic heterocycles. The highest BCUT2D eigenvalue weighted by Gasteiger charge is 2.34. The van der Waals surface area contributed by atoms with Gasteiger partial charge >= 0.3 is 5.97 Å². The van der Waals surface area contributed by atoms with Crippen molar-refractivity contribution in [2.24, 2.45) is 5.92 Å². The van der Waals surface area contributed by atoms with Crippen molar-refractivity contribution >= 4 is 17.6 Å². The molecule has 0 bridgehead atoms. The summed E-state index contributed by atoms with van der Waals surface area (Å²) in [5.74, 6) is 0.0278. The van der Waals surface area contributed by atoms with Crippen LogP contribution in [-0.4, -0.2) is 50.6 Å². The Labute approximate surface area is 131 Å². The number of carbonyl (C=O) groups excluding carboxylic acids is 2. The van der Waals surface area contributed by atoms with Crippen LogP contribution in [0.5, 0.6) is 0 Å². The second-order valence-electron chi connectivity index (χ2n) is 5.83. The van der Waals surface area contributed by atoms with Crippen LogP contribution in [0.15, 0.2) is 24.3 Å². The SMILES string of the molecule is CCOC(=O)c1ccc(N(CCN(C)C)C(=O)C2CC2)cc1. The summed E-state index contributed by atoms with van der Waals surface area (Å²) in [6.45, 7) is 3.60. The first-order valence-electron chi connectivity index (χ1n) is 7.76. The first kappa shape index (κ1) is 16.5. The Morgan fingerprint density at radius 1 is 1.14 bits per heavy atom. The van der Waals surface area contributed by atoms with Crippen LogP contribution in [0.3, 0.4) is 0 Å². The van der Waals surface area contributed by atoms with Crippen LogP contribution >= 0.6 is 0 Å². The van der Waals surface area contributed by atoms with Crippen molar-refractivity contribution in [3.05, 3.63) is 29.8 Å². The van der Waals surface area contributed by atoms with Gasteiger partial charge in [0.25, 0.3) is 0 Å². The van der Waals surface area contributed by atoms with Crippen molar-refractivity contribution in [1.29, 1.82) is 0 Å². The predicted octanol–water partition coefficient (Wildman–Crippen LogP) is 2.17. The van der Waals surface area contributed by atoms with Gasteiger partial charge in [-0.1, -0.05) is 0 Å². The summed E-state index contributed by atoms with van der Waals surface area (Å²) in [4.78, 5) is 28.0. The third-order valence-corrected chi connectivity index (χ3v) is 3.65. The third-order valence-electron chi connectivity index (χ3n) is 3.65. The topological polar surface area (TPSA) is 49.9 Å². The molecular formula is C17H24N2O3. The van der Waals surface area contributed by atoms with E-state index in [9.17, 15) is 9.59 Å². The Hall–Kier alpha value is -1.88. The van der Waals surface area contributed by atoms with E-state index in [2.05, 4.69) is 4.90 Å². The van der Waals surface area contributed by atoms with E-state index < -0.39 is 0 Å². The molecule has 22 heavy (non-hydrogen) atoms. The molecule has 1 aromatic rings. The Balaban J connectivity index is 2.12. The van der Waals surface area contributed by atoms with Gasteiger partial charge in [-0.25, -0.2) is 4.79 Å². The number of rotatable bonds is 7. The summed E-state index contributed by atoms with van der Waals surface area (Å²) in [6.07, 6.45) is 1.97. The largest absolute Gasteiger partial charge is 0.462 e. The average molecular weight is 304 g/mol. The van der Waals surface area contributed by atoms with Gasteiger partial charge in [-0.3, -0.25) is 4.79 Å². The molecule has 2 rings (SSSR count). The molecule has 0 aromatic heterocycles. The summed E-state index contributed by atoms with van der Waals surface area (Å²) in [7, 11) is 3.98. The van der Waals surface area contributed by atoms with E-state index in [0.717, 1.165) is 25.1 Å². The molecule has 0 spiro atoms. The minimum absolute atomic E-state index is 0.173. The van der Waals surface area contributed by atoms with Crippen molar-refractivity contribution in [1.82, 2.24) is 4.90 Å². The summed E-state index contributed by atoms with van der Waals surface area (Å²) < 4.78 is 4.98.